The van der Waals surface area contributed by atoms with Gasteiger partial charge in [0, 0.05) is 21.3 Å². The average Bonchev–Trinajstić information content (AvgIpc) is 2.37. The number of anilines is 1. The van der Waals surface area contributed by atoms with E-state index in [9.17, 15) is 9.18 Å². The standard InChI is InChI=1S/C14H11Cl2FN2OS/c15-9-3-1-2-8(4-9)13(20)19-14(21)18-12-6-10(16)5-11(17)7-12/h1-7,14,18,21H,(H,19,20). The third kappa shape index (κ3) is 4.81. The van der Waals surface area contributed by atoms with Crippen LogP contribution in [0.3, 0.4) is 0 Å². The van der Waals surface area contributed by atoms with Crippen LogP contribution in [0.2, 0.25) is 10.0 Å². The zero-order valence-corrected chi connectivity index (χ0v) is 13.0. The molecule has 1 unspecified atom stereocenters. The summed E-state index contributed by atoms with van der Waals surface area (Å²) >= 11 is 15.7. The topological polar surface area (TPSA) is 41.1 Å². The molecule has 3 nitrogen and oxygen atoms in total. The van der Waals surface area contributed by atoms with E-state index in [0.29, 0.717) is 16.3 Å². The molecule has 0 saturated heterocycles. The van der Waals surface area contributed by atoms with Crippen molar-refractivity contribution in [2.75, 3.05) is 5.32 Å². The summed E-state index contributed by atoms with van der Waals surface area (Å²) < 4.78 is 13.2. The monoisotopic (exact) mass is 344 g/mol. The molecule has 0 bridgehead atoms. The summed E-state index contributed by atoms with van der Waals surface area (Å²) in [6, 6.07) is 10.5. The first-order valence-corrected chi connectivity index (χ1v) is 7.18. The van der Waals surface area contributed by atoms with E-state index in [2.05, 4.69) is 23.3 Å². The quantitative estimate of drug-likeness (QED) is 0.575. The number of benzene rings is 2. The molecule has 110 valence electrons. The highest BCUT2D eigenvalue weighted by molar-refractivity contribution is 7.81. The van der Waals surface area contributed by atoms with Gasteiger partial charge in [0.1, 0.15) is 11.3 Å². The molecule has 0 aromatic heterocycles. The van der Waals surface area contributed by atoms with Crippen molar-refractivity contribution in [2.24, 2.45) is 0 Å². The van der Waals surface area contributed by atoms with E-state index in [1.165, 1.54) is 24.3 Å². The molecule has 21 heavy (non-hydrogen) atoms. The number of thiol groups is 1. The van der Waals surface area contributed by atoms with Crippen molar-refractivity contribution in [2.45, 2.75) is 5.50 Å². The Morgan fingerprint density at radius 2 is 1.90 bits per heavy atom. The molecule has 2 aromatic carbocycles. The molecule has 2 aromatic rings. The molecular weight excluding hydrogens is 334 g/mol. The van der Waals surface area contributed by atoms with Crippen LogP contribution in [-0.4, -0.2) is 11.4 Å². The highest BCUT2D eigenvalue weighted by atomic mass is 35.5. The molecule has 0 aliphatic heterocycles. The molecule has 0 spiro atoms. The van der Waals surface area contributed by atoms with Gasteiger partial charge in [0.05, 0.1) is 0 Å². The maximum absolute atomic E-state index is 13.2. The SMILES string of the molecule is O=C(NC(S)Nc1cc(F)cc(Cl)c1)c1cccc(Cl)c1. The Kier molecular flexibility index (Phi) is 5.33. The molecular formula is C14H11Cl2FN2OS. The Hall–Kier alpha value is -1.43. The van der Waals surface area contributed by atoms with Gasteiger partial charge in [0.2, 0.25) is 0 Å². The lowest BCUT2D eigenvalue weighted by Crippen LogP contribution is -2.36. The molecule has 1 amide bonds. The molecule has 7 heteroatoms. The van der Waals surface area contributed by atoms with Gasteiger partial charge in [-0.05, 0) is 36.4 Å². The van der Waals surface area contributed by atoms with Crippen LogP contribution < -0.4 is 10.6 Å². The second-order valence-corrected chi connectivity index (χ2v) is 5.58. The molecule has 2 N–H and O–H groups in total. The highest BCUT2D eigenvalue weighted by Crippen LogP contribution is 2.19. The number of nitrogens with one attached hydrogen (secondary N) is 2. The smallest absolute Gasteiger partial charge is 0.253 e. The minimum absolute atomic E-state index is 0.249. The molecule has 2 rings (SSSR count). The van der Waals surface area contributed by atoms with Gasteiger partial charge in [-0.15, -0.1) is 12.6 Å². The fraction of sp³-hybridized carbons (Fsp3) is 0.0714. The van der Waals surface area contributed by atoms with Crippen molar-refractivity contribution >= 4 is 47.4 Å². The number of hydrogen-bond donors (Lipinski definition) is 3. The maximum atomic E-state index is 13.2. The van der Waals surface area contributed by atoms with Crippen LogP contribution in [0.4, 0.5) is 10.1 Å². The summed E-state index contributed by atoms with van der Waals surface area (Å²) in [5.74, 6) is -0.834. The number of amides is 1. The largest absolute Gasteiger partial charge is 0.357 e. The van der Waals surface area contributed by atoms with Gasteiger partial charge in [-0.1, -0.05) is 29.3 Å². The van der Waals surface area contributed by atoms with E-state index in [1.54, 1.807) is 18.2 Å². The minimum atomic E-state index is -0.714. The van der Waals surface area contributed by atoms with Crippen LogP contribution in [0, 0.1) is 5.82 Å². The van der Waals surface area contributed by atoms with Crippen molar-refractivity contribution in [3.05, 3.63) is 63.9 Å². The summed E-state index contributed by atoms with van der Waals surface area (Å²) in [6.07, 6.45) is 0. The van der Waals surface area contributed by atoms with E-state index < -0.39 is 11.3 Å². The Labute approximate surface area is 136 Å². The first-order valence-electron chi connectivity index (χ1n) is 5.91. The zero-order chi connectivity index (χ0) is 15.4. The maximum Gasteiger partial charge on any atom is 0.253 e. The predicted octanol–water partition coefficient (Wildman–Crippen LogP) is 4.19. The number of carbonyl (C=O) groups excluding carboxylic acids is 1. The van der Waals surface area contributed by atoms with Gasteiger partial charge in [0.25, 0.3) is 5.91 Å². The average molecular weight is 345 g/mol. The lowest BCUT2D eigenvalue weighted by Gasteiger charge is -2.16. The third-order valence-corrected chi connectivity index (χ3v) is 3.23. The number of halogens is 3. The normalized spacial score (nSPS) is 11.8. The summed E-state index contributed by atoms with van der Waals surface area (Å²) in [5, 5.41) is 6.12. The van der Waals surface area contributed by atoms with E-state index in [1.807, 2.05) is 0 Å². The molecule has 0 aliphatic rings. The fourth-order valence-corrected chi connectivity index (χ4v) is 2.35. The predicted molar refractivity (Wildman–Crippen MR) is 86.7 cm³/mol. The van der Waals surface area contributed by atoms with Crippen LogP contribution in [-0.2, 0) is 0 Å². The molecule has 1 atom stereocenters. The van der Waals surface area contributed by atoms with Gasteiger partial charge in [-0.25, -0.2) is 4.39 Å². The zero-order valence-electron chi connectivity index (χ0n) is 10.6. The van der Waals surface area contributed by atoms with E-state index >= 15 is 0 Å². The van der Waals surface area contributed by atoms with Gasteiger partial charge < -0.3 is 10.6 Å². The van der Waals surface area contributed by atoms with Crippen LogP contribution in [0.15, 0.2) is 42.5 Å². The molecule has 0 fully saturated rings. The van der Waals surface area contributed by atoms with Crippen LogP contribution >= 0.6 is 35.8 Å². The van der Waals surface area contributed by atoms with Crippen LogP contribution in [0.25, 0.3) is 0 Å². The van der Waals surface area contributed by atoms with Gasteiger partial charge >= 0.3 is 0 Å². The number of rotatable bonds is 4. The molecule has 0 saturated carbocycles. The second-order valence-electron chi connectivity index (χ2n) is 4.19. The summed E-state index contributed by atoms with van der Waals surface area (Å²) in [7, 11) is 0. The van der Waals surface area contributed by atoms with Gasteiger partial charge in [-0.2, -0.15) is 0 Å². The van der Waals surface area contributed by atoms with Gasteiger partial charge in [-0.3, -0.25) is 4.79 Å². The Bertz CT molecular complexity index is 649. The lowest BCUT2D eigenvalue weighted by atomic mass is 10.2. The van der Waals surface area contributed by atoms with E-state index in [-0.39, 0.29) is 10.9 Å². The van der Waals surface area contributed by atoms with Crippen molar-refractivity contribution < 1.29 is 9.18 Å². The summed E-state index contributed by atoms with van der Waals surface area (Å²) in [4.78, 5) is 12.0. The van der Waals surface area contributed by atoms with Crippen molar-refractivity contribution in [3.63, 3.8) is 0 Å². The first-order chi connectivity index (χ1) is 9.94. The second kappa shape index (κ2) is 7.02. The lowest BCUT2D eigenvalue weighted by molar-refractivity contribution is 0.0953. The third-order valence-electron chi connectivity index (χ3n) is 2.52. The minimum Gasteiger partial charge on any atom is -0.357 e. The number of carbonyl (C=O) groups is 1. The van der Waals surface area contributed by atoms with E-state index in [4.69, 9.17) is 23.2 Å². The molecule has 0 radical (unpaired) electrons. The summed E-state index contributed by atoms with van der Waals surface area (Å²) in [5.41, 5.74) is 0.0985. The number of hydrogen-bond acceptors (Lipinski definition) is 3. The highest BCUT2D eigenvalue weighted by Gasteiger charge is 2.11. The van der Waals surface area contributed by atoms with Crippen molar-refractivity contribution in [3.8, 4) is 0 Å². The van der Waals surface area contributed by atoms with Crippen LogP contribution in [0.1, 0.15) is 10.4 Å². The summed E-state index contributed by atoms with van der Waals surface area (Å²) in [6.45, 7) is 0. The van der Waals surface area contributed by atoms with Crippen molar-refractivity contribution in [1.82, 2.24) is 5.32 Å². The molecule has 0 aliphatic carbocycles. The van der Waals surface area contributed by atoms with Gasteiger partial charge in [0.15, 0.2) is 0 Å². The van der Waals surface area contributed by atoms with Crippen LogP contribution in [0.5, 0.6) is 0 Å². The Balaban J connectivity index is 2.01. The first kappa shape index (κ1) is 15.9. The fourth-order valence-electron chi connectivity index (χ4n) is 1.67. The Morgan fingerprint density at radius 1 is 1.14 bits per heavy atom. The van der Waals surface area contributed by atoms with E-state index in [0.717, 1.165) is 0 Å². The molecule has 0 heterocycles. The van der Waals surface area contributed by atoms with Crippen molar-refractivity contribution in [1.29, 1.82) is 0 Å². The Morgan fingerprint density at radius 3 is 2.57 bits per heavy atom.